The molecule has 1 aromatic rings. The fourth-order valence-electron chi connectivity index (χ4n) is 3.31. The number of aromatic nitrogens is 1. The van der Waals surface area contributed by atoms with E-state index in [0.29, 0.717) is 29.8 Å². The molecule has 10 heteroatoms. The first-order valence-corrected chi connectivity index (χ1v) is 10.8. The number of carbonyl (C=O) groups is 2. The van der Waals surface area contributed by atoms with Gasteiger partial charge in [0.2, 0.25) is 10.0 Å². The topological polar surface area (TPSA) is 118 Å². The number of esters is 1. The lowest BCUT2D eigenvalue weighted by atomic mass is 10.1. The minimum atomic E-state index is -3.49. The van der Waals surface area contributed by atoms with Gasteiger partial charge in [-0.1, -0.05) is 0 Å². The van der Waals surface area contributed by atoms with E-state index >= 15 is 0 Å². The summed E-state index contributed by atoms with van der Waals surface area (Å²) in [6.07, 6.45) is 0.373. The fraction of sp³-hybridized carbons (Fsp3) is 0.667. The summed E-state index contributed by atoms with van der Waals surface area (Å²) in [7, 11) is -1.98. The van der Waals surface area contributed by atoms with Crippen LogP contribution in [0.2, 0.25) is 0 Å². The molecule has 1 amide bonds. The number of aryl methyl sites for hydroxylation is 1. The number of H-pyrrole nitrogens is 1. The number of nitrogens with zero attached hydrogens (tertiary/aromatic N) is 1. The van der Waals surface area contributed by atoms with Crippen LogP contribution in [0.25, 0.3) is 0 Å². The maximum Gasteiger partial charge on any atom is 0.340 e. The van der Waals surface area contributed by atoms with Crippen molar-refractivity contribution in [1.29, 1.82) is 0 Å². The zero-order valence-corrected chi connectivity index (χ0v) is 17.8. The number of hydrogen-bond donors (Lipinski definition) is 2. The first-order chi connectivity index (χ1) is 13.1. The first kappa shape index (κ1) is 22.4. The molecule has 1 aliphatic rings. The molecule has 1 fully saturated rings. The van der Waals surface area contributed by atoms with Crippen LogP contribution in [0.15, 0.2) is 0 Å². The highest BCUT2D eigenvalue weighted by Crippen LogP contribution is 2.24. The van der Waals surface area contributed by atoms with Crippen molar-refractivity contribution in [3.63, 3.8) is 0 Å². The predicted molar refractivity (Wildman–Crippen MR) is 104 cm³/mol. The lowest BCUT2D eigenvalue weighted by Gasteiger charge is -2.18. The molecule has 0 aromatic carbocycles. The predicted octanol–water partition coefficient (Wildman–Crippen LogP) is 0.977. The van der Waals surface area contributed by atoms with E-state index in [2.05, 4.69) is 9.71 Å². The number of ether oxygens (including phenoxy) is 2. The molecule has 2 heterocycles. The Morgan fingerprint density at radius 1 is 1.29 bits per heavy atom. The van der Waals surface area contributed by atoms with Gasteiger partial charge in [0, 0.05) is 31.9 Å². The van der Waals surface area contributed by atoms with Gasteiger partial charge in [0.15, 0.2) is 0 Å². The summed E-state index contributed by atoms with van der Waals surface area (Å²) in [4.78, 5) is 29.7. The van der Waals surface area contributed by atoms with Gasteiger partial charge in [-0.2, -0.15) is 0 Å². The lowest BCUT2D eigenvalue weighted by molar-refractivity contribution is 0.0386. The van der Waals surface area contributed by atoms with Gasteiger partial charge < -0.3 is 19.4 Å². The van der Waals surface area contributed by atoms with Crippen LogP contribution in [0.1, 0.15) is 52.4 Å². The Kier molecular flexibility index (Phi) is 7.24. The molecule has 0 aliphatic carbocycles. The van der Waals surface area contributed by atoms with E-state index in [4.69, 9.17) is 9.47 Å². The molecule has 28 heavy (non-hydrogen) atoms. The summed E-state index contributed by atoms with van der Waals surface area (Å²) in [5.74, 6) is -0.843. The van der Waals surface area contributed by atoms with Crippen LogP contribution in [0.3, 0.4) is 0 Å². The van der Waals surface area contributed by atoms with Crippen LogP contribution in [0.5, 0.6) is 0 Å². The Bertz CT molecular complexity index is 831. The molecular weight excluding hydrogens is 386 g/mol. The quantitative estimate of drug-likeness (QED) is 0.483. The Labute approximate surface area is 165 Å². The third-order valence-electron chi connectivity index (χ3n) is 4.65. The van der Waals surface area contributed by atoms with Crippen molar-refractivity contribution < 1.29 is 27.5 Å². The maximum atomic E-state index is 12.9. The third kappa shape index (κ3) is 4.92. The average Bonchev–Trinajstić information content (AvgIpc) is 3.19. The Morgan fingerprint density at radius 2 is 1.96 bits per heavy atom. The zero-order chi connectivity index (χ0) is 21.1. The summed E-state index contributed by atoms with van der Waals surface area (Å²) < 4.78 is 37.3. The average molecular weight is 416 g/mol. The van der Waals surface area contributed by atoms with E-state index in [-0.39, 0.29) is 37.4 Å². The van der Waals surface area contributed by atoms with Crippen LogP contribution in [-0.2, 0) is 19.5 Å². The number of sulfonamides is 1. The van der Waals surface area contributed by atoms with Gasteiger partial charge in [0.05, 0.1) is 17.4 Å². The number of nitrogens with one attached hydrogen (secondary N) is 2. The second-order valence-corrected chi connectivity index (χ2v) is 9.23. The Hall–Kier alpha value is -1.91. The van der Waals surface area contributed by atoms with Crippen molar-refractivity contribution in [2.75, 3.05) is 33.4 Å². The van der Waals surface area contributed by atoms with E-state index in [1.54, 1.807) is 27.7 Å². The van der Waals surface area contributed by atoms with Crippen molar-refractivity contribution in [2.45, 2.75) is 45.4 Å². The molecule has 1 aromatic heterocycles. The van der Waals surface area contributed by atoms with Crippen LogP contribution < -0.4 is 4.72 Å². The molecule has 158 valence electrons. The Balaban J connectivity index is 2.13. The second kappa shape index (κ2) is 9.06. The van der Waals surface area contributed by atoms with Crippen molar-refractivity contribution in [3.05, 3.63) is 22.5 Å². The molecule has 0 radical (unpaired) electrons. The number of aromatic amines is 1. The van der Waals surface area contributed by atoms with Crippen molar-refractivity contribution in [2.24, 2.45) is 0 Å². The van der Waals surface area contributed by atoms with E-state index in [1.165, 1.54) is 12.0 Å². The summed E-state index contributed by atoms with van der Waals surface area (Å²) in [5.41, 5.74) is 1.64. The van der Waals surface area contributed by atoms with Crippen molar-refractivity contribution in [1.82, 2.24) is 14.6 Å². The standard InChI is InChI=1S/C18H29N3O6S/c1-11(2)20-28(24,25)14-6-7-21(10-14)17(22)16-12(3)15(13(4)19-16)18(23)27-9-8-26-5/h11,14,19-20H,6-10H2,1-5H3/t14-/m0/s1. The van der Waals surface area contributed by atoms with Gasteiger partial charge in [0.25, 0.3) is 5.91 Å². The molecule has 1 saturated heterocycles. The molecule has 0 saturated carbocycles. The number of amides is 1. The van der Waals surface area contributed by atoms with E-state index < -0.39 is 21.2 Å². The van der Waals surface area contributed by atoms with Gasteiger partial charge in [-0.25, -0.2) is 17.9 Å². The first-order valence-electron chi connectivity index (χ1n) is 9.24. The molecule has 1 aliphatic heterocycles. The van der Waals surface area contributed by atoms with Gasteiger partial charge >= 0.3 is 5.97 Å². The lowest BCUT2D eigenvalue weighted by Crippen LogP contribution is -2.40. The van der Waals surface area contributed by atoms with Gasteiger partial charge in [0.1, 0.15) is 12.3 Å². The molecular formula is C18H29N3O6S. The minimum absolute atomic E-state index is 0.117. The molecule has 1 atom stereocenters. The number of methoxy groups -OCH3 is 1. The van der Waals surface area contributed by atoms with Crippen LogP contribution in [-0.4, -0.2) is 74.9 Å². The summed E-state index contributed by atoms with van der Waals surface area (Å²) >= 11 is 0. The molecule has 0 bridgehead atoms. The summed E-state index contributed by atoms with van der Waals surface area (Å²) in [6.45, 7) is 7.75. The van der Waals surface area contributed by atoms with Gasteiger partial charge in [-0.3, -0.25) is 4.79 Å². The molecule has 0 unspecified atom stereocenters. The zero-order valence-electron chi connectivity index (χ0n) is 17.0. The van der Waals surface area contributed by atoms with E-state index in [0.717, 1.165) is 0 Å². The largest absolute Gasteiger partial charge is 0.460 e. The van der Waals surface area contributed by atoms with Crippen LogP contribution in [0, 0.1) is 13.8 Å². The molecule has 2 rings (SSSR count). The Morgan fingerprint density at radius 3 is 2.57 bits per heavy atom. The fourth-order valence-corrected chi connectivity index (χ4v) is 4.95. The van der Waals surface area contributed by atoms with Crippen molar-refractivity contribution >= 4 is 21.9 Å². The number of hydrogen-bond acceptors (Lipinski definition) is 6. The summed E-state index contributed by atoms with van der Waals surface area (Å²) in [5, 5.41) is -0.645. The molecule has 9 nitrogen and oxygen atoms in total. The third-order valence-corrected chi connectivity index (χ3v) is 6.71. The highest BCUT2D eigenvalue weighted by Gasteiger charge is 2.37. The summed E-state index contributed by atoms with van der Waals surface area (Å²) in [6, 6.07) is -0.199. The number of likely N-dealkylation sites (tertiary alicyclic amines) is 1. The highest BCUT2D eigenvalue weighted by atomic mass is 32.2. The van der Waals surface area contributed by atoms with Crippen LogP contribution >= 0.6 is 0 Å². The normalized spacial score (nSPS) is 17.4. The molecule has 2 N–H and O–H groups in total. The van der Waals surface area contributed by atoms with Gasteiger partial charge in [-0.15, -0.1) is 0 Å². The molecule has 0 spiro atoms. The van der Waals surface area contributed by atoms with E-state index in [1.807, 2.05) is 0 Å². The minimum Gasteiger partial charge on any atom is -0.460 e. The number of rotatable bonds is 8. The highest BCUT2D eigenvalue weighted by molar-refractivity contribution is 7.90. The SMILES string of the molecule is COCCOC(=O)c1c(C)[nH]c(C(=O)N2CC[C@H](S(=O)(=O)NC(C)C)C2)c1C. The second-order valence-electron chi connectivity index (χ2n) is 7.23. The van der Waals surface area contributed by atoms with E-state index in [9.17, 15) is 18.0 Å². The number of carbonyl (C=O) groups excluding carboxylic acids is 2. The maximum absolute atomic E-state index is 12.9. The van der Waals surface area contributed by atoms with Crippen LogP contribution in [0.4, 0.5) is 0 Å². The monoisotopic (exact) mass is 415 g/mol. The van der Waals surface area contributed by atoms with Crippen molar-refractivity contribution in [3.8, 4) is 0 Å². The van der Waals surface area contributed by atoms with Gasteiger partial charge in [-0.05, 0) is 39.7 Å². The smallest absolute Gasteiger partial charge is 0.340 e.